The van der Waals surface area contributed by atoms with Gasteiger partial charge in [0.1, 0.15) is 5.82 Å². The summed E-state index contributed by atoms with van der Waals surface area (Å²) >= 11 is 0. The summed E-state index contributed by atoms with van der Waals surface area (Å²) in [7, 11) is 0. The Morgan fingerprint density at radius 3 is 3.00 bits per heavy atom. The van der Waals surface area contributed by atoms with E-state index in [1.807, 2.05) is 12.3 Å². The van der Waals surface area contributed by atoms with Crippen LogP contribution in [-0.2, 0) is 0 Å². The molecule has 3 aromatic rings. The molecule has 0 bridgehead atoms. The Morgan fingerprint density at radius 2 is 2.20 bits per heavy atom. The summed E-state index contributed by atoms with van der Waals surface area (Å²) in [6.07, 6.45) is 3.58. The van der Waals surface area contributed by atoms with Gasteiger partial charge in [-0.25, -0.2) is 4.98 Å². The summed E-state index contributed by atoms with van der Waals surface area (Å²) in [5.74, 6) is 0.851. The van der Waals surface area contributed by atoms with Gasteiger partial charge in [-0.2, -0.15) is 5.10 Å². The van der Waals surface area contributed by atoms with Gasteiger partial charge in [0.25, 0.3) is 0 Å². The summed E-state index contributed by atoms with van der Waals surface area (Å²) < 4.78 is 0. The summed E-state index contributed by atoms with van der Waals surface area (Å²) in [4.78, 5) is 7.75. The van der Waals surface area contributed by atoms with Gasteiger partial charge in [0.2, 0.25) is 0 Å². The van der Waals surface area contributed by atoms with Crippen molar-refractivity contribution in [1.82, 2.24) is 20.2 Å². The van der Waals surface area contributed by atoms with E-state index < -0.39 is 0 Å². The number of hydrogen-bond donors (Lipinski definition) is 2. The molecule has 3 rings (SSSR count). The van der Waals surface area contributed by atoms with Crippen LogP contribution in [0.15, 0.2) is 30.6 Å². The molecule has 4 nitrogen and oxygen atoms in total. The van der Waals surface area contributed by atoms with Crippen molar-refractivity contribution in [2.75, 3.05) is 0 Å². The third-order valence-corrected chi connectivity index (χ3v) is 2.41. The van der Waals surface area contributed by atoms with Gasteiger partial charge >= 0.3 is 0 Å². The van der Waals surface area contributed by atoms with Gasteiger partial charge in [-0.1, -0.05) is 6.07 Å². The molecule has 0 atom stereocenters. The molecule has 0 aliphatic heterocycles. The third-order valence-electron chi connectivity index (χ3n) is 2.41. The summed E-state index contributed by atoms with van der Waals surface area (Å²) in [5.41, 5.74) is 4.25. The molecule has 0 saturated carbocycles. The van der Waals surface area contributed by atoms with Gasteiger partial charge in [0.05, 0.1) is 22.8 Å². The normalized spacial score (nSPS) is 11.0. The second-order valence-electron chi connectivity index (χ2n) is 3.59. The lowest BCUT2D eigenvalue weighted by Gasteiger charge is -1.89. The van der Waals surface area contributed by atoms with Gasteiger partial charge in [0, 0.05) is 6.20 Å². The monoisotopic (exact) mass is 198 g/mol. The molecule has 1 aromatic carbocycles. The minimum atomic E-state index is 0.851. The van der Waals surface area contributed by atoms with Crippen molar-refractivity contribution in [2.45, 2.75) is 6.92 Å². The van der Waals surface area contributed by atoms with Crippen molar-refractivity contribution in [3.05, 3.63) is 36.2 Å². The van der Waals surface area contributed by atoms with E-state index in [4.69, 9.17) is 0 Å². The van der Waals surface area contributed by atoms with Gasteiger partial charge in [-0.15, -0.1) is 0 Å². The Bertz CT molecular complexity index is 592. The number of hydrogen-bond acceptors (Lipinski definition) is 2. The fourth-order valence-corrected chi connectivity index (χ4v) is 1.64. The average Bonchev–Trinajstić information content (AvgIpc) is 2.84. The van der Waals surface area contributed by atoms with Crippen LogP contribution in [0.3, 0.4) is 0 Å². The SMILES string of the molecule is Cc1ccc2nc(-c3cn[nH]c3)[nH]c2c1. The minimum absolute atomic E-state index is 0.851. The lowest BCUT2D eigenvalue weighted by atomic mass is 10.2. The van der Waals surface area contributed by atoms with Crippen molar-refractivity contribution < 1.29 is 0 Å². The van der Waals surface area contributed by atoms with Crippen molar-refractivity contribution >= 4 is 11.0 Å². The number of nitrogens with zero attached hydrogens (tertiary/aromatic N) is 2. The van der Waals surface area contributed by atoms with Crippen molar-refractivity contribution in [3.63, 3.8) is 0 Å². The zero-order valence-corrected chi connectivity index (χ0v) is 8.28. The van der Waals surface area contributed by atoms with Gasteiger partial charge < -0.3 is 4.98 Å². The van der Waals surface area contributed by atoms with Crippen LogP contribution < -0.4 is 0 Å². The molecule has 0 aliphatic rings. The van der Waals surface area contributed by atoms with E-state index in [0.29, 0.717) is 0 Å². The van der Waals surface area contributed by atoms with E-state index in [2.05, 4.69) is 39.2 Å². The van der Waals surface area contributed by atoms with Crippen LogP contribution in [0.1, 0.15) is 5.56 Å². The minimum Gasteiger partial charge on any atom is -0.338 e. The zero-order valence-electron chi connectivity index (χ0n) is 8.28. The predicted molar refractivity (Wildman–Crippen MR) is 58.4 cm³/mol. The number of fused-ring (bicyclic) bond motifs is 1. The van der Waals surface area contributed by atoms with Crippen LogP contribution in [-0.4, -0.2) is 20.2 Å². The molecular formula is C11H10N4. The zero-order chi connectivity index (χ0) is 10.3. The fourth-order valence-electron chi connectivity index (χ4n) is 1.64. The Labute approximate surface area is 86.4 Å². The number of aromatic amines is 2. The first kappa shape index (κ1) is 8.23. The van der Waals surface area contributed by atoms with Crippen LogP contribution in [0.25, 0.3) is 22.4 Å². The van der Waals surface area contributed by atoms with Gasteiger partial charge in [-0.3, -0.25) is 5.10 Å². The highest BCUT2D eigenvalue weighted by Crippen LogP contribution is 2.19. The maximum Gasteiger partial charge on any atom is 0.141 e. The van der Waals surface area contributed by atoms with Crippen molar-refractivity contribution in [1.29, 1.82) is 0 Å². The van der Waals surface area contributed by atoms with Crippen molar-refractivity contribution in [2.24, 2.45) is 0 Å². The highest BCUT2D eigenvalue weighted by atomic mass is 15.1. The van der Waals surface area contributed by atoms with Crippen molar-refractivity contribution in [3.8, 4) is 11.4 Å². The molecule has 0 spiro atoms. The maximum absolute atomic E-state index is 4.48. The summed E-state index contributed by atoms with van der Waals surface area (Å²) in [6, 6.07) is 6.17. The average molecular weight is 198 g/mol. The molecule has 0 saturated heterocycles. The van der Waals surface area contributed by atoms with E-state index in [1.165, 1.54) is 5.56 Å². The highest BCUT2D eigenvalue weighted by molar-refractivity contribution is 5.79. The number of imidazole rings is 1. The van der Waals surface area contributed by atoms with Crippen LogP contribution in [0.2, 0.25) is 0 Å². The molecule has 2 N–H and O–H groups in total. The van der Waals surface area contributed by atoms with Crippen LogP contribution in [0, 0.1) is 6.92 Å². The first-order valence-electron chi connectivity index (χ1n) is 4.78. The second kappa shape index (κ2) is 2.95. The quantitative estimate of drug-likeness (QED) is 0.630. The largest absolute Gasteiger partial charge is 0.338 e. The molecule has 2 aromatic heterocycles. The fraction of sp³-hybridized carbons (Fsp3) is 0.0909. The Kier molecular flexibility index (Phi) is 1.62. The number of H-pyrrole nitrogens is 2. The topological polar surface area (TPSA) is 57.4 Å². The Balaban J connectivity index is 2.22. The highest BCUT2D eigenvalue weighted by Gasteiger charge is 2.05. The molecule has 15 heavy (non-hydrogen) atoms. The third kappa shape index (κ3) is 1.30. The molecule has 0 fully saturated rings. The first-order chi connectivity index (χ1) is 7.33. The molecular weight excluding hydrogens is 188 g/mol. The van der Waals surface area contributed by atoms with Gasteiger partial charge in [-0.05, 0) is 24.6 Å². The van der Waals surface area contributed by atoms with E-state index in [-0.39, 0.29) is 0 Å². The van der Waals surface area contributed by atoms with E-state index in [9.17, 15) is 0 Å². The van der Waals surface area contributed by atoms with Crippen LogP contribution in [0.4, 0.5) is 0 Å². The van der Waals surface area contributed by atoms with E-state index in [1.54, 1.807) is 6.20 Å². The number of aryl methyl sites for hydroxylation is 1. The summed E-state index contributed by atoms with van der Waals surface area (Å²) in [6.45, 7) is 2.07. The van der Waals surface area contributed by atoms with Crippen LogP contribution >= 0.6 is 0 Å². The molecule has 2 heterocycles. The van der Waals surface area contributed by atoms with Gasteiger partial charge in [0.15, 0.2) is 0 Å². The lowest BCUT2D eigenvalue weighted by molar-refractivity contribution is 1.09. The standard InChI is InChI=1S/C11H10N4/c1-7-2-3-9-10(4-7)15-11(14-9)8-5-12-13-6-8/h2-6H,1H3,(H,12,13)(H,14,15). The molecule has 0 amide bonds. The predicted octanol–water partition coefficient (Wildman–Crippen LogP) is 2.26. The molecule has 74 valence electrons. The first-order valence-corrected chi connectivity index (χ1v) is 4.78. The molecule has 0 radical (unpaired) electrons. The smallest absolute Gasteiger partial charge is 0.141 e. The number of rotatable bonds is 1. The number of benzene rings is 1. The Morgan fingerprint density at radius 1 is 1.27 bits per heavy atom. The number of aromatic nitrogens is 4. The maximum atomic E-state index is 4.48. The number of nitrogens with one attached hydrogen (secondary N) is 2. The van der Waals surface area contributed by atoms with E-state index >= 15 is 0 Å². The molecule has 0 aliphatic carbocycles. The molecule has 4 heteroatoms. The lowest BCUT2D eigenvalue weighted by Crippen LogP contribution is -1.74. The molecule has 0 unspecified atom stereocenters. The van der Waals surface area contributed by atoms with Crippen LogP contribution in [0.5, 0.6) is 0 Å². The van der Waals surface area contributed by atoms with E-state index in [0.717, 1.165) is 22.4 Å². The Hall–Kier alpha value is -2.10. The second-order valence-corrected chi connectivity index (χ2v) is 3.59. The summed E-state index contributed by atoms with van der Waals surface area (Å²) in [5, 5.41) is 6.68.